The molecule has 0 unspecified atom stereocenters. The molecule has 4 nitrogen and oxygen atoms in total. The first kappa shape index (κ1) is 13.1. The van der Waals surface area contributed by atoms with E-state index in [4.69, 9.17) is 0 Å². The van der Waals surface area contributed by atoms with Gasteiger partial charge in [-0.25, -0.2) is 8.42 Å². The first-order valence-corrected chi connectivity index (χ1v) is 5.81. The van der Waals surface area contributed by atoms with E-state index in [1.807, 2.05) is 0 Å². The van der Waals surface area contributed by atoms with Gasteiger partial charge in [-0.1, -0.05) is 31.9 Å². The Hall–Kier alpha value is 0.0500. The Morgan fingerprint density at radius 2 is 1.46 bits per heavy atom. The minimum atomic E-state index is -4.36. The van der Waals surface area contributed by atoms with Crippen molar-refractivity contribution in [1.29, 1.82) is 0 Å². The van der Waals surface area contributed by atoms with E-state index in [1.165, 1.54) is 12.1 Å². The van der Waals surface area contributed by atoms with Crippen LogP contribution in [0.15, 0.2) is 32.0 Å². The molecule has 1 rings (SSSR count). The number of rotatable bonds is 1. The Balaban J connectivity index is 0.00000144. The van der Waals surface area contributed by atoms with Crippen molar-refractivity contribution in [1.82, 2.24) is 6.15 Å². The largest absolute Gasteiger partial charge is 0.744 e. The van der Waals surface area contributed by atoms with Crippen LogP contribution >= 0.6 is 31.9 Å². The lowest BCUT2D eigenvalue weighted by Gasteiger charge is -2.07. The van der Waals surface area contributed by atoms with Crippen LogP contribution in [-0.4, -0.2) is 13.0 Å². The highest BCUT2D eigenvalue weighted by molar-refractivity contribution is 9.11. The molecule has 7 heteroatoms. The predicted octanol–water partition coefficient (Wildman–Crippen LogP) is 2.49. The van der Waals surface area contributed by atoms with E-state index in [1.54, 1.807) is 6.07 Å². The zero-order chi connectivity index (χ0) is 9.35. The van der Waals surface area contributed by atoms with Crippen molar-refractivity contribution >= 4 is 42.0 Å². The normalized spacial score (nSPS) is 10.7. The molecule has 0 aliphatic carbocycles. The van der Waals surface area contributed by atoms with Crippen LogP contribution in [-0.2, 0) is 10.1 Å². The standard InChI is InChI=1S/C6H4Br2O3S.H3N/c7-4-1-5(8)3-6(2-4)12(9,10)11;/h1-3H,(H,9,10,11);1H3. The number of benzene rings is 1. The summed E-state index contributed by atoms with van der Waals surface area (Å²) in [6.45, 7) is 0. The van der Waals surface area contributed by atoms with Gasteiger partial charge in [0.2, 0.25) is 0 Å². The number of quaternary nitrogens is 1. The highest BCUT2D eigenvalue weighted by Crippen LogP contribution is 2.22. The molecule has 0 spiro atoms. The summed E-state index contributed by atoms with van der Waals surface area (Å²) < 4.78 is 32.7. The van der Waals surface area contributed by atoms with Crippen molar-refractivity contribution in [3.05, 3.63) is 27.1 Å². The lowest BCUT2D eigenvalue weighted by molar-refractivity contribution is 0.463. The Morgan fingerprint density at radius 1 is 1.08 bits per heavy atom. The molecule has 0 amide bonds. The maximum absolute atomic E-state index is 10.5. The molecule has 1 aromatic carbocycles. The van der Waals surface area contributed by atoms with E-state index in [0.29, 0.717) is 8.95 Å². The first-order chi connectivity index (χ1) is 5.39. The van der Waals surface area contributed by atoms with Crippen LogP contribution in [0.3, 0.4) is 0 Å². The maximum atomic E-state index is 10.5. The monoisotopic (exact) mass is 331 g/mol. The highest BCUT2D eigenvalue weighted by Gasteiger charge is 2.02. The highest BCUT2D eigenvalue weighted by atomic mass is 79.9. The van der Waals surface area contributed by atoms with Gasteiger partial charge in [0.25, 0.3) is 0 Å². The SMILES string of the molecule is O=S(=O)([O-])c1cc(Br)cc(Br)c1.[NH4+]. The summed E-state index contributed by atoms with van der Waals surface area (Å²) in [6.07, 6.45) is 0. The summed E-state index contributed by atoms with van der Waals surface area (Å²) in [5.41, 5.74) is 0. The summed E-state index contributed by atoms with van der Waals surface area (Å²) >= 11 is 6.14. The van der Waals surface area contributed by atoms with Crippen molar-refractivity contribution in [2.75, 3.05) is 0 Å². The van der Waals surface area contributed by atoms with E-state index in [0.717, 1.165) is 0 Å². The fourth-order valence-corrected chi connectivity index (χ4v) is 2.81. The molecule has 0 saturated heterocycles. The van der Waals surface area contributed by atoms with Gasteiger partial charge in [0, 0.05) is 8.95 Å². The Bertz CT molecular complexity index is 384. The third-order valence-electron chi connectivity index (χ3n) is 1.12. The number of hydrogen-bond donors (Lipinski definition) is 1. The van der Waals surface area contributed by atoms with Gasteiger partial charge in [-0.05, 0) is 18.2 Å². The molecule has 0 aromatic heterocycles. The smallest absolute Gasteiger partial charge is 0.124 e. The first-order valence-electron chi connectivity index (χ1n) is 2.81. The average Bonchev–Trinajstić information content (AvgIpc) is 1.82. The zero-order valence-corrected chi connectivity index (χ0v) is 10.6. The lowest BCUT2D eigenvalue weighted by atomic mass is 10.4. The molecule has 0 saturated carbocycles. The Labute approximate surface area is 92.9 Å². The van der Waals surface area contributed by atoms with E-state index < -0.39 is 10.1 Å². The van der Waals surface area contributed by atoms with Gasteiger partial charge in [-0.3, -0.25) is 0 Å². The van der Waals surface area contributed by atoms with Crippen LogP contribution in [0.4, 0.5) is 0 Å². The predicted molar refractivity (Wildman–Crippen MR) is 55.8 cm³/mol. The van der Waals surface area contributed by atoms with Gasteiger partial charge in [0.15, 0.2) is 0 Å². The molecule has 13 heavy (non-hydrogen) atoms. The van der Waals surface area contributed by atoms with Crippen molar-refractivity contribution in [2.45, 2.75) is 4.90 Å². The van der Waals surface area contributed by atoms with Crippen molar-refractivity contribution < 1.29 is 13.0 Å². The Morgan fingerprint density at radius 3 is 1.77 bits per heavy atom. The molecule has 74 valence electrons. The molecular formula is C6H7Br2NO3S. The third kappa shape index (κ3) is 3.74. The summed E-state index contributed by atoms with van der Waals surface area (Å²) in [4.78, 5) is -0.247. The second-order valence-electron chi connectivity index (χ2n) is 2.06. The topological polar surface area (TPSA) is 93.7 Å². The minimum absolute atomic E-state index is 0. The van der Waals surface area contributed by atoms with Gasteiger partial charge in [-0.15, -0.1) is 0 Å². The van der Waals surface area contributed by atoms with Crippen LogP contribution in [0, 0.1) is 0 Å². The van der Waals surface area contributed by atoms with Gasteiger partial charge in [0.05, 0.1) is 4.90 Å². The molecule has 4 N–H and O–H groups in total. The van der Waals surface area contributed by atoms with Gasteiger partial charge in [0.1, 0.15) is 10.1 Å². The second-order valence-corrected chi connectivity index (χ2v) is 5.27. The summed E-state index contributed by atoms with van der Waals surface area (Å²) in [7, 11) is -4.36. The number of halogens is 2. The third-order valence-corrected chi connectivity index (χ3v) is 2.85. The van der Waals surface area contributed by atoms with Crippen LogP contribution in [0.2, 0.25) is 0 Å². The minimum Gasteiger partial charge on any atom is -0.744 e. The van der Waals surface area contributed by atoms with Crippen LogP contribution in [0.1, 0.15) is 0 Å². The zero-order valence-electron chi connectivity index (χ0n) is 6.62. The van der Waals surface area contributed by atoms with Crippen LogP contribution in [0.5, 0.6) is 0 Å². The Kier molecular flexibility index (Phi) is 4.53. The number of hydrogen-bond acceptors (Lipinski definition) is 3. The fourth-order valence-electron chi connectivity index (χ4n) is 0.673. The van der Waals surface area contributed by atoms with Gasteiger partial charge < -0.3 is 10.7 Å². The average molecular weight is 333 g/mol. The molecular weight excluding hydrogens is 326 g/mol. The summed E-state index contributed by atoms with van der Waals surface area (Å²) in [5, 5.41) is 0. The van der Waals surface area contributed by atoms with E-state index >= 15 is 0 Å². The quantitative estimate of drug-likeness (QED) is 0.800. The van der Waals surface area contributed by atoms with Crippen molar-refractivity contribution in [3.8, 4) is 0 Å². The summed E-state index contributed by atoms with van der Waals surface area (Å²) in [6, 6.07) is 4.16. The van der Waals surface area contributed by atoms with Gasteiger partial charge in [-0.2, -0.15) is 0 Å². The molecule has 0 atom stereocenters. The molecule has 0 aliphatic rings. The van der Waals surface area contributed by atoms with Crippen LogP contribution in [0.25, 0.3) is 0 Å². The molecule has 0 radical (unpaired) electrons. The van der Waals surface area contributed by atoms with E-state index in [9.17, 15) is 13.0 Å². The molecule has 0 fully saturated rings. The van der Waals surface area contributed by atoms with Crippen molar-refractivity contribution in [2.24, 2.45) is 0 Å². The lowest BCUT2D eigenvalue weighted by Crippen LogP contribution is -1.98. The molecule has 0 aliphatic heterocycles. The van der Waals surface area contributed by atoms with E-state index in [2.05, 4.69) is 31.9 Å². The maximum Gasteiger partial charge on any atom is 0.124 e. The van der Waals surface area contributed by atoms with Crippen molar-refractivity contribution in [3.63, 3.8) is 0 Å². The summed E-state index contributed by atoms with van der Waals surface area (Å²) in [5.74, 6) is 0. The second kappa shape index (κ2) is 4.52. The molecule has 1 aromatic rings. The fraction of sp³-hybridized carbons (Fsp3) is 0. The van der Waals surface area contributed by atoms with Gasteiger partial charge >= 0.3 is 0 Å². The molecule has 0 heterocycles. The van der Waals surface area contributed by atoms with Crippen LogP contribution < -0.4 is 6.15 Å². The van der Waals surface area contributed by atoms with E-state index in [-0.39, 0.29) is 11.0 Å². The molecule has 0 bridgehead atoms.